The molecule has 1 unspecified atom stereocenters. The van der Waals surface area contributed by atoms with E-state index >= 15 is 0 Å². The Kier molecular flexibility index (Phi) is 7.55. The largest absolute Gasteiger partial charge is 0.491 e. The molecule has 2 saturated heterocycles. The van der Waals surface area contributed by atoms with Crippen molar-refractivity contribution in [2.24, 2.45) is 5.92 Å². The fraction of sp³-hybridized carbons (Fsp3) is 0.632. The van der Waals surface area contributed by atoms with Crippen molar-refractivity contribution >= 4 is 17.5 Å². The van der Waals surface area contributed by atoms with Crippen molar-refractivity contribution in [2.45, 2.75) is 6.42 Å². The first-order valence-corrected chi connectivity index (χ1v) is 9.63. The topological polar surface area (TPSA) is 51.2 Å². The Balaban J connectivity index is 1.28. The number of para-hydroxylation sites is 1. The summed E-state index contributed by atoms with van der Waals surface area (Å²) in [5.74, 6) is 1.24. The van der Waals surface area contributed by atoms with Crippen LogP contribution in [0.1, 0.15) is 6.42 Å². The second-order valence-electron chi connectivity index (χ2n) is 6.75. The number of nitrogens with zero attached hydrogens (tertiary/aromatic N) is 2. The van der Waals surface area contributed by atoms with Crippen LogP contribution in [0.2, 0.25) is 5.02 Å². The molecule has 0 N–H and O–H groups in total. The second-order valence-corrected chi connectivity index (χ2v) is 7.15. The van der Waals surface area contributed by atoms with Gasteiger partial charge >= 0.3 is 0 Å². The predicted octanol–water partition coefficient (Wildman–Crippen LogP) is 1.92. The number of rotatable bonds is 8. The molecule has 0 aromatic heterocycles. The summed E-state index contributed by atoms with van der Waals surface area (Å²) < 4.78 is 16.6. The Morgan fingerprint density at radius 2 is 2.04 bits per heavy atom. The van der Waals surface area contributed by atoms with Gasteiger partial charge in [0.05, 0.1) is 18.2 Å². The van der Waals surface area contributed by atoms with Crippen molar-refractivity contribution in [2.75, 3.05) is 65.8 Å². The van der Waals surface area contributed by atoms with Gasteiger partial charge in [-0.25, -0.2) is 0 Å². The van der Waals surface area contributed by atoms with Crippen LogP contribution in [0.4, 0.5) is 0 Å². The minimum Gasteiger partial charge on any atom is -0.491 e. The molecule has 3 rings (SSSR count). The van der Waals surface area contributed by atoms with E-state index in [1.54, 1.807) is 0 Å². The molecule has 1 aromatic rings. The molecule has 2 fully saturated rings. The molecular weight excluding hydrogens is 356 g/mol. The summed E-state index contributed by atoms with van der Waals surface area (Å²) in [5.41, 5.74) is 0. The molecule has 7 heteroatoms. The third kappa shape index (κ3) is 5.84. The van der Waals surface area contributed by atoms with Gasteiger partial charge < -0.3 is 19.1 Å². The van der Waals surface area contributed by atoms with Crippen molar-refractivity contribution < 1.29 is 19.0 Å². The number of benzene rings is 1. The lowest BCUT2D eigenvalue weighted by atomic mass is 10.1. The van der Waals surface area contributed by atoms with Gasteiger partial charge in [0, 0.05) is 45.2 Å². The molecule has 26 heavy (non-hydrogen) atoms. The van der Waals surface area contributed by atoms with Crippen molar-refractivity contribution in [3.05, 3.63) is 29.3 Å². The van der Waals surface area contributed by atoms with E-state index in [1.807, 2.05) is 29.2 Å². The number of hydrogen-bond acceptors (Lipinski definition) is 5. The molecule has 0 aliphatic carbocycles. The molecule has 0 saturated carbocycles. The number of carbonyl (C=O) groups excluding carboxylic acids is 1. The van der Waals surface area contributed by atoms with Crippen molar-refractivity contribution in [3.8, 4) is 5.75 Å². The lowest BCUT2D eigenvalue weighted by Gasteiger charge is -2.34. The maximum Gasteiger partial charge on any atom is 0.248 e. The zero-order valence-corrected chi connectivity index (χ0v) is 15.8. The first kappa shape index (κ1) is 19.4. The van der Waals surface area contributed by atoms with Gasteiger partial charge in [-0.2, -0.15) is 0 Å². The maximum absolute atomic E-state index is 12.2. The van der Waals surface area contributed by atoms with Crippen LogP contribution in [0.15, 0.2) is 24.3 Å². The molecular formula is C19H27ClN2O4. The molecule has 0 bridgehead atoms. The zero-order valence-electron chi connectivity index (χ0n) is 15.1. The van der Waals surface area contributed by atoms with Crippen LogP contribution in [-0.2, 0) is 14.3 Å². The minimum absolute atomic E-state index is 0.0795. The zero-order chi connectivity index (χ0) is 18.2. The average Bonchev–Trinajstić information content (AvgIpc) is 3.17. The van der Waals surface area contributed by atoms with Gasteiger partial charge in [0.2, 0.25) is 5.91 Å². The SMILES string of the molecule is O=C(COCC1CCOC1)N1CCN(CCOc2ccccc2Cl)CC1. The molecule has 2 aliphatic rings. The van der Waals surface area contributed by atoms with Crippen LogP contribution >= 0.6 is 11.6 Å². The molecule has 2 aliphatic heterocycles. The second kappa shape index (κ2) is 10.1. The van der Waals surface area contributed by atoms with Crippen LogP contribution in [0, 0.1) is 5.92 Å². The molecule has 1 atom stereocenters. The summed E-state index contributed by atoms with van der Waals surface area (Å²) in [5, 5.41) is 0.632. The Morgan fingerprint density at radius 1 is 1.23 bits per heavy atom. The monoisotopic (exact) mass is 382 g/mol. The molecule has 2 heterocycles. The Hall–Kier alpha value is -1.34. The van der Waals surface area contributed by atoms with E-state index in [9.17, 15) is 4.79 Å². The Morgan fingerprint density at radius 3 is 2.77 bits per heavy atom. The van der Waals surface area contributed by atoms with Crippen molar-refractivity contribution in [3.63, 3.8) is 0 Å². The Bertz CT molecular complexity index is 572. The average molecular weight is 383 g/mol. The standard InChI is InChI=1S/C19H27ClN2O4/c20-17-3-1-2-4-18(17)26-12-10-21-6-8-22(9-7-21)19(23)15-25-14-16-5-11-24-13-16/h1-4,16H,5-15H2. The first-order valence-electron chi connectivity index (χ1n) is 9.25. The minimum atomic E-state index is 0.0795. The quantitative estimate of drug-likeness (QED) is 0.687. The van der Waals surface area contributed by atoms with E-state index in [-0.39, 0.29) is 12.5 Å². The lowest BCUT2D eigenvalue weighted by molar-refractivity contribution is -0.138. The smallest absolute Gasteiger partial charge is 0.248 e. The van der Waals surface area contributed by atoms with Gasteiger partial charge in [0.15, 0.2) is 0 Å². The highest BCUT2D eigenvalue weighted by Crippen LogP contribution is 2.22. The summed E-state index contributed by atoms with van der Waals surface area (Å²) in [6.07, 6.45) is 1.03. The van der Waals surface area contributed by atoms with E-state index in [2.05, 4.69) is 4.90 Å². The van der Waals surface area contributed by atoms with Crippen molar-refractivity contribution in [1.29, 1.82) is 0 Å². The van der Waals surface area contributed by atoms with Gasteiger partial charge in [0.1, 0.15) is 19.0 Å². The number of halogens is 1. The summed E-state index contributed by atoms with van der Waals surface area (Å²) >= 11 is 6.08. The van der Waals surface area contributed by atoms with E-state index < -0.39 is 0 Å². The Labute approximate surface area is 159 Å². The molecule has 1 aromatic carbocycles. The summed E-state index contributed by atoms with van der Waals surface area (Å²) in [6.45, 7) is 6.95. The van der Waals surface area contributed by atoms with Gasteiger partial charge in [-0.3, -0.25) is 9.69 Å². The van der Waals surface area contributed by atoms with Crippen LogP contribution in [0.5, 0.6) is 5.75 Å². The van der Waals surface area contributed by atoms with Crippen LogP contribution < -0.4 is 4.74 Å². The van der Waals surface area contributed by atoms with Gasteiger partial charge in [-0.1, -0.05) is 23.7 Å². The summed E-state index contributed by atoms with van der Waals surface area (Å²) in [6, 6.07) is 7.49. The number of piperazine rings is 1. The van der Waals surface area contributed by atoms with Crippen LogP contribution in [0.25, 0.3) is 0 Å². The van der Waals surface area contributed by atoms with E-state index in [4.69, 9.17) is 25.8 Å². The molecule has 144 valence electrons. The number of amides is 1. The van der Waals surface area contributed by atoms with E-state index in [0.717, 1.165) is 52.4 Å². The first-order chi connectivity index (χ1) is 12.7. The van der Waals surface area contributed by atoms with E-state index in [0.29, 0.717) is 29.9 Å². The summed E-state index contributed by atoms with van der Waals surface area (Å²) in [4.78, 5) is 16.4. The lowest BCUT2D eigenvalue weighted by Crippen LogP contribution is -2.50. The summed E-state index contributed by atoms with van der Waals surface area (Å²) in [7, 11) is 0. The third-order valence-electron chi connectivity index (χ3n) is 4.83. The molecule has 6 nitrogen and oxygen atoms in total. The normalized spacial score (nSPS) is 21.1. The highest BCUT2D eigenvalue weighted by atomic mass is 35.5. The molecule has 0 spiro atoms. The van der Waals surface area contributed by atoms with E-state index in [1.165, 1.54) is 0 Å². The number of carbonyl (C=O) groups is 1. The van der Waals surface area contributed by atoms with Gasteiger partial charge in [-0.15, -0.1) is 0 Å². The predicted molar refractivity (Wildman–Crippen MR) is 99.7 cm³/mol. The molecule has 1 amide bonds. The fourth-order valence-electron chi connectivity index (χ4n) is 3.19. The fourth-order valence-corrected chi connectivity index (χ4v) is 3.38. The van der Waals surface area contributed by atoms with Crippen LogP contribution in [-0.4, -0.2) is 81.5 Å². The highest BCUT2D eigenvalue weighted by molar-refractivity contribution is 6.32. The van der Waals surface area contributed by atoms with Crippen molar-refractivity contribution in [1.82, 2.24) is 9.80 Å². The van der Waals surface area contributed by atoms with Gasteiger partial charge in [-0.05, 0) is 18.6 Å². The number of hydrogen-bond donors (Lipinski definition) is 0. The molecule has 0 radical (unpaired) electrons. The maximum atomic E-state index is 12.2. The highest BCUT2D eigenvalue weighted by Gasteiger charge is 2.22. The third-order valence-corrected chi connectivity index (χ3v) is 5.14. The van der Waals surface area contributed by atoms with Crippen LogP contribution in [0.3, 0.4) is 0 Å². The number of ether oxygens (including phenoxy) is 3. The van der Waals surface area contributed by atoms with Gasteiger partial charge in [0.25, 0.3) is 0 Å².